The number of carbonyl (C=O) groups excluding carboxylic acids is 1. The number of nitrogens with one attached hydrogen (secondary N) is 1. The maximum Gasteiger partial charge on any atom is 0.161 e. The molecular weight excluding hydrogens is 218 g/mol. The van der Waals surface area contributed by atoms with E-state index in [1.807, 2.05) is 30.6 Å². The molecule has 0 amide bonds. The number of hydrogen-bond donors (Lipinski definition) is 1. The summed E-state index contributed by atoms with van der Waals surface area (Å²) >= 11 is 1.67. The summed E-state index contributed by atoms with van der Waals surface area (Å²) in [5.41, 5.74) is 3.95. The lowest BCUT2D eigenvalue weighted by molar-refractivity contribution is 0.101. The lowest BCUT2D eigenvalue weighted by atomic mass is 10.0. The number of ketones is 1. The molecular formula is C13H13NOS. The number of hydrogen-bond acceptors (Lipinski definition) is 3. The Bertz CT molecular complexity index is 503. The molecule has 1 N–H and O–H groups in total. The first-order valence-electron chi connectivity index (χ1n) is 5.07. The van der Waals surface area contributed by atoms with Gasteiger partial charge in [0.25, 0.3) is 0 Å². The van der Waals surface area contributed by atoms with Crippen molar-refractivity contribution in [3.63, 3.8) is 0 Å². The average Bonchev–Trinajstić information content (AvgIpc) is 2.81. The Morgan fingerprint density at radius 3 is 2.62 bits per heavy atom. The van der Waals surface area contributed by atoms with E-state index in [-0.39, 0.29) is 5.78 Å². The minimum absolute atomic E-state index is 0.0845. The van der Waals surface area contributed by atoms with Crippen LogP contribution in [0.25, 0.3) is 11.1 Å². The van der Waals surface area contributed by atoms with Crippen molar-refractivity contribution in [1.29, 1.82) is 0 Å². The van der Waals surface area contributed by atoms with E-state index >= 15 is 0 Å². The minimum Gasteiger partial charge on any atom is -0.388 e. The molecule has 3 heteroatoms. The normalized spacial score (nSPS) is 10.1. The first-order chi connectivity index (χ1) is 7.72. The van der Waals surface area contributed by atoms with E-state index < -0.39 is 0 Å². The SMILES string of the molecule is CNc1cc(-c2ccsc2)ccc1C(C)=O. The standard InChI is InChI=1S/C13H13NOS/c1-9(15)12-4-3-10(7-13(12)14-2)11-5-6-16-8-11/h3-8,14H,1-2H3. The molecule has 1 heterocycles. The summed E-state index contributed by atoms with van der Waals surface area (Å²) in [5.74, 6) is 0.0845. The molecule has 0 radical (unpaired) electrons. The van der Waals surface area contributed by atoms with E-state index in [2.05, 4.69) is 16.8 Å². The van der Waals surface area contributed by atoms with Crippen LogP contribution in [0.4, 0.5) is 5.69 Å². The Labute approximate surface area is 98.9 Å². The molecule has 0 aliphatic carbocycles. The molecule has 0 aliphatic heterocycles. The molecule has 0 aliphatic rings. The number of Topliss-reactive ketones (excluding diaryl/α,β-unsaturated/α-hetero) is 1. The number of carbonyl (C=O) groups is 1. The Morgan fingerprint density at radius 1 is 1.25 bits per heavy atom. The van der Waals surface area contributed by atoms with Crippen LogP contribution in [0.1, 0.15) is 17.3 Å². The van der Waals surface area contributed by atoms with Gasteiger partial charge in [-0.15, -0.1) is 0 Å². The molecule has 0 spiro atoms. The summed E-state index contributed by atoms with van der Waals surface area (Å²) in [7, 11) is 1.83. The highest BCUT2D eigenvalue weighted by atomic mass is 32.1. The van der Waals surface area contributed by atoms with Crippen LogP contribution in [0.3, 0.4) is 0 Å². The largest absolute Gasteiger partial charge is 0.388 e. The van der Waals surface area contributed by atoms with Gasteiger partial charge in [0, 0.05) is 18.3 Å². The lowest BCUT2D eigenvalue weighted by Gasteiger charge is -2.08. The molecule has 16 heavy (non-hydrogen) atoms. The van der Waals surface area contributed by atoms with Crippen molar-refractivity contribution in [1.82, 2.24) is 0 Å². The average molecular weight is 231 g/mol. The maximum atomic E-state index is 11.4. The summed E-state index contributed by atoms with van der Waals surface area (Å²) in [6.07, 6.45) is 0. The quantitative estimate of drug-likeness (QED) is 0.817. The number of rotatable bonds is 3. The summed E-state index contributed by atoms with van der Waals surface area (Å²) in [6, 6.07) is 7.95. The van der Waals surface area contributed by atoms with Gasteiger partial charge in [0.05, 0.1) is 0 Å². The van der Waals surface area contributed by atoms with Crippen molar-refractivity contribution in [3.8, 4) is 11.1 Å². The minimum atomic E-state index is 0.0845. The predicted octanol–water partition coefficient (Wildman–Crippen LogP) is 3.66. The van der Waals surface area contributed by atoms with Gasteiger partial charge in [0.15, 0.2) is 5.78 Å². The van der Waals surface area contributed by atoms with Crippen LogP contribution in [0, 0.1) is 0 Å². The highest BCUT2D eigenvalue weighted by molar-refractivity contribution is 7.08. The van der Waals surface area contributed by atoms with Crippen LogP contribution in [0.5, 0.6) is 0 Å². The first kappa shape index (κ1) is 10.9. The van der Waals surface area contributed by atoms with Gasteiger partial charge in [-0.05, 0) is 47.0 Å². The maximum absolute atomic E-state index is 11.4. The molecule has 0 atom stereocenters. The Kier molecular flexibility index (Phi) is 3.06. The van der Waals surface area contributed by atoms with Crippen LogP contribution in [0.15, 0.2) is 35.0 Å². The molecule has 0 bridgehead atoms. The van der Waals surface area contributed by atoms with Gasteiger partial charge in [-0.1, -0.05) is 6.07 Å². The van der Waals surface area contributed by atoms with Gasteiger partial charge in [-0.2, -0.15) is 11.3 Å². The zero-order valence-corrected chi connectivity index (χ0v) is 10.1. The second-order valence-corrected chi connectivity index (χ2v) is 4.36. The highest BCUT2D eigenvalue weighted by Gasteiger charge is 2.07. The topological polar surface area (TPSA) is 29.1 Å². The monoisotopic (exact) mass is 231 g/mol. The molecule has 2 nitrogen and oxygen atoms in total. The second-order valence-electron chi connectivity index (χ2n) is 3.58. The molecule has 2 rings (SSSR count). The van der Waals surface area contributed by atoms with Gasteiger partial charge in [-0.3, -0.25) is 4.79 Å². The Morgan fingerprint density at radius 2 is 2.06 bits per heavy atom. The molecule has 2 aromatic rings. The molecule has 82 valence electrons. The fraction of sp³-hybridized carbons (Fsp3) is 0.154. The van der Waals surface area contributed by atoms with Crippen molar-refractivity contribution < 1.29 is 4.79 Å². The van der Waals surface area contributed by atoms with Crippen LogP contribution >= 0.6 is 11.3 Å². The smallest absolute Gasteiger partial charge is 0.161 e. The highest BCUT2D eigenvalue weighted by Crippen LogP contribution is 2.27. The molecule has 0 fully saturated rings. The van der Waals surface area contributed by atoms with Crippen molar-refractivity contribution in [2.24, 2.45) is 0 Å². The van der Waals surface area contributed by atoms with E-state index in [9.17, 15) is 4.79 Å². The Hall–Kier alpha value is -1.61. The van der Waals surface area contributed by atoms with E-state index in [1.165, 1.54) is 5.56 Å². The van der Waals surface area contributed by atoms with Gasteiger partial charge in [0.2, 0.25) is 0 Å². The van der Waals surface area contributed by atoms with Crippen LogP contribution in [-0.4, -0.2) is 12.8 Å². The van der Waals surface area contributed by atoms with Crippen molar-refractivity contribution in [3.05, 3.63) is 40.6 Å². The van der Waals surface area contributed by atoms with Crippen LogP contribution < -0.4 is 5.32 Å². The van der Waals surface area contributed by atoms with E-state index in [4.69, 9.17) is 0 Å². The van der Waals surface area contributed by atoms with Crippen molar-refractivity contribution in [2.75, 3.05) is 12.4 Å². The zero-order chi connectivity index (χ0) is 11.5. The zero-order valence-electron chi connectivity index (χ0n) is 9.28. The van der Waals surface area contributed by atoms with E-state index in [1.54, 1.807) is 18.3 Å². The fourth-order valence-corrected chi connectivity index (χ4v) is 2.33. The summed E-state index contributed by atoms with van der Waals surface area (Å²) < 4.78 is 0. The molecule has 0 unspecified atom stereocenters. The van der Waals surface area contributed by atoms with Gasteiger partial charge < -0.3 is 5.32 Å². The van der Waals surface area contributed by atoms with Crippen LogP contribution in [0.2, 0.25) is 0 Å². The van der Waals surface area contributed by atoms with E-state index in [0.717, 1.165) is 16.8 Å². The summed E-state index contributed by atoms with van der Waals surface area (Å²) in [5, 5.41) is 7.21. The summed E-state index contributed by atoms with van der Waals surface area (Å²) in [6.45, 7) is 1.58. The van der Waals surface area contributed by atoms with Crippen LogP contribution in [-0.2, 0) is 0 Å². The first-order valence-corrected chi connectivity index (χ1v) is 6.02. The molecule has 0 saturated carbocycles. The molecule has 0 saturated heterocycles. The van der Waals surface area contributed by atoms with Gasteiger partial charge >= 0.3 is 0 Å². The number of anilines is 1. The van der Waals surface area contributed by atoms with Gasteiger partial charge in [-0.25, -0.2) is 0 Å². The van der Waals surface area contributed by atoms with Gasteiger partial charge in [0.1, 0.15) is 0 Å². The van der Waals surface area contributed by atoms with Crippen molar-refractivity contribution >= 4 is 22.8 Å². The number of thiophene rings is 1. The number of benzene rings is 1. The summed E-state index contributed by atoms with van der Waals surface area (Å²) in [4.78, 5) is 11.4. The Balaban J connectivity index is 2.49. The third-order valence-electron chi connectivity index (χ3n) is 2.52. The second kappa shape index (κ2) is 4.49. The third kappa shape index (κ3) is 1.99. The van der Waals surface area contributed by atoms with E-state index in [0.29, 0.717) is 0 Å². The predicted molar refractivity (Wildman–Crippen MR) is 69.3 cm³/mol. The lowest BCUT2D eigenvalue weighted by Crippen LogP contribution is -2.00. The van der Waals surface area contributed by atoms with Crippen molar-refractivity contribution in [2.45, 2.75) is 6.92 Å². The fourth-order valence-electron chi connectivity index (χ4n) is 1.67. The third-order valence-corrected chi connectivity index (χ3v) is 3.21. The molecule has 1 aromatic heterocycles. The molecule has 1 aromatic carbocycles.